The molecule has 1 N–H and O–H groups in total. The van der Waals surface area contributed by atoms with E-state index in [-0.39, 0.29) is 11.6 Å². The molecule has 0 radical (unpaired) electrons. The third-order valence-electron chi connectivity index (χ3n) is 4.59. The predicted molar refractivity (Wildman–Crippen MR) is 119 cm³/mol. The number of aromatic nitrogens is 1. The Balaban J connectivity index is 0.000000220. The summed E-state index contributed by atoms with van der Waals surface area (Å²) in [5.41, 5.74) is 2.21. The van der Waals surface area contributed by atoms with Crippen LogP contribution in [0, 0.1) is 29.9 Å². The van der Waals surface area contributed by atoms with Gasteiger partial charge in [-0.25, -0.2) is 8.78 Å². The normalized spacial score (nSPS) is 14.0. The Hall–Kier alpha value is -1.80. The summed E-state index contributed by atoms with van der Waals surface area (Å²) < 4.78 is 26.0. The van der Waals surface area contributed by atoms with Gasteiger partial charge >= 0.3 is 0 Å². The summed E-state index contributed by atoms with van der Waals surface area (Å²) in [5, 5.41) is 7.62. The fourth-order valence-electron chi connectivity index (χ4n) is 2.50. The van der Waals surface area contributed by atoms with E-state index in [1.54, 1.807) is 6.92 Å². The van der Waals surface area contributed by atoms with Gasteiger partial charge in [-0.2, -0.15) is 5.26 Å². The van der Waals surface area contributed by atoms with Gasteiger partial charge in [-0.05, 0) is 61.4 Å². The Kier molecular flexibility index (Phi) is 12.4. The molecule has 1 aromatic heterocycles. The molecule has 5 heteroatoms. The molecule has 0 bridgehead atoms. The Labute approximate surface area is 180 Å². The molecule has 4 rings (SSSR count). The number of thiol groups is 1. The van der Waals surface area contributed by atoms with Crippen molar-refractivity contribution in [2.45, 2.75) is 89.4 Å². The number of nitriles is 1. The quantitative estimate of drug-likeness (QED) is 0.487. The van der Waals surface area contributed by atoms with Gasteiger partial charge in [0.15, 0.2) is 0 Å². The van der Waals surface area contributed by atoms with Crippen LogP contribution in [0.3, 0.4) is 0 Å². The lowest BCUT2D eigenvalue weighted by atomic mass is 9.83. The predicted octanol–water partition coefficient (Wildman–Crippen LogP) is 7.89. The van der Waals surface area contributed by atoms with Crippen LogP contribution in [0.4, 0.5) is 8.78 Å². The van der Waals surface area contributed by atoms with Crippen molar-refractivity contribution in [3.8, 4) is 6.07 Å². The van der Waals surface area contributed by atoms with Crippen molar-refractivity contribution in [2.24, 2.45) is 0 Å². The SMILES string of the molecule is C1CC1.CCC#N.CCCc1cc(F)c(C)cc1F.Sc1c[nH]c(C2CCC2)c1. The van der Waals surface area contributed by atoms with Crippen LogP contribution in [0.5, 0.6) is 0 Å². The van der Waals surface area contributed by atoms with Gasteiger partial charge < -0.3 is 4.98 Å². The molecule has 160 valence electrons. The zero-order valence-corrected chi connectivity index (χ0v) is 18.8. The molecule has 0 amide bonds. The van der Waals surface area contributed by atoms with E-state index in [0.717, 1.165) is 17.2 Å². The zero-order chi connectivity index (χ0) is 21.6. The van der Waals surface area contributed by atoms with Gasteiger partial charge in [-0.1, -0.05) is 46.0 Å². The number of hydrogen-bond acceptors (Lipinski definition) is 2. The molecule has 2 nitrogen and oxygen atoms in total. The van der Waals surface area contributed by atoms with Gasteiger partial charge in [-0.15, -0.1) is 12.6 Å². The summed E-state index contributed by atoms with van der Waals surface area (Å²) in [7, 11) is 0. The minimum atomic E-state index is -0.320. The third kappa shape index (κ3) is 10.5. The monoisotopic (exact) mass is 420 g/mol. The van der Waals surface area contributed by atoms with Crippen LogP contribution in [-0.4, -0.2) is 4.98 Å². The topological polar surface area (TPSA) is 39.6 Å². The van der Waals surface area contributed by atoms with E-state index in [1.165, 1.54) is 56.4 Å². The Bertz CT molecular complexity index is 756. The molecule has 29 heavy (non-hydrogen) atoms. The molecule has 1 aromatic carbocycles. The van der Waals surface area contributed by atoms with Gasteiger partial charge in [0.05, 0.1) is 6.07 Å². The molecule has 0 unspecified atom stereocenters. The van der Waals surface area contributed by atoms with E-state index in [2.05, 4.69) is 23.7 Å². The molecule has 2 aliphatic rings. The maximum Gasteiger partial charge on any atom is 0.126 e. The summed E-state index contributed by atoms with van der Waals surface area (Å²) in [6, 6.07) is 6.60. The third-order valence-corrected chi connectivity index (χ3v) is 4.85. The highest BCUT2D eigenvalue weighted by atomic mass is 32.1. The van der Waals surface area contributed by atoms with Crippen molar-refractivity contribution >= 4 is 12.6 Å². The lowest BCUT2D eigenvalue weighted by Gasteiger charge is -2.23. The molecule has 1 heterocycles. The fraction of sp³-hybridized carbons (Fsp3) is 0.542. The lowest BCUT2D eigenvalue weighted by Crippen LogP contribution is -2.08. The first kappa shape index (κ1) is 25.2. The first-order valence-electron chi connectivity index (χ1n) is 10.6. The molecule has 0 atom stereocenters. The summed E-state index contributed by atoms with van der Waals surface area (Å²) >= 11 is 4.23. The minimum absolute atomic E-state index is 0.296. The number of nitrogens with one attached hydrogen (secondary N) is 1. The number of halogens is 2. The summed E-state index contributed by atoms with van der Waals surface area (Å²) in [6.45, 7) is 5.32. The van der Waals surface area contributed by atoms with Crippen LogP contribution in [0.1, 0.15) is 88.0 Å². The number of benzene rings is 1. The Morgan fingerprint density at radius 1 is 1.07 bits per heavy atom. The molecule has 2 aliphatic carbocycles. The number of nitrogens with zero attached hydrogens (tertiary/aromatic N) is 1. The maximum atomic E-state index is 13.1. The molecular weight excluding hydrogens is 386 g/mol. The van der Waals surface area contributed by atoms with Crippen LogP contribution in [0.2, 0.25) is 0 Å². The van der Waals surface area contributed by atoms with E-state index in [0.29, 0.717) is 24.0 Å². The van der Waals surface area contributed by atoms with Gasteiger partial charge in [-0.3, -0.25) is 0 Å². The lowest BCUT2D eigenvalue weighted by molar-refractivity contribution is 0.412. The largest absolute Gasteiger partial charge is 0.364 e. The van der Waals surface area contributed by atoms with Gasteiger partial charge in [0, 0.05) is 23.2 Å². The van der Waals surface area contributed by atoms with E-state index in [9.17, 15) is 8.78 Å². The summed E-state index contributed by atoms with van der Waals surface area (Å²) in [5.74, 6) is 0.191. The molecule has 0 aliphatic heterocycles. The molecular formula is C24H34F2N2S. The highest BCUT2D eigenvalue weighted by molar-refractivity contribution is 7.80. The number of hydrogen-bond donors (Lipinski definition) is 2. The Morgan fingerprint density at radius 2 is 1.69 bits per heavy atom. The van der Waals surface area contributed by atoms with Crippen molar-refractivity contribution < 1.29 is 8.78 Å². The standard InChI is InChI=1S/C10H12F2.C8H11NS.C3H5N.C3H6/c1-3-4-8-6-9(11)7(2)5-10(8)12;10-7-4-8(9-5-7)6-2-1-3-6;1-2-3-4;1-2-3-1/h5-6H,3-4H2,1-2H3;4-6,9-10H,1-3H2;2H2,1H3;1-3H2. The Morgan fingerprint density at radius 3 is 2.07 bits per heavy atom. The minimum Gasteiger partial charge on any atom is -0.364 e. The van der Waals surface area contributed by atoms with Crippen LogP contribution in [0.15, 0.2) is 29.3 Å². The van der Waals surface area contributed by atoms with Crippen LogP contribution < -0.4 is 0 Å². The van der Waals surface area contributed by atoms with Gasteiger partial charge in [0.1, 0.15) is 11.6 Å². The van der Waals surface area contributed by atoms with Gasteiger partial charge in [0.25, 0.3) is 0 Å². The van der Waals surface area contributed by atoms with Crippen molar-refractivity contribution in [3.05, 3.63) is 52.9 Å². The molecule has 0 spiro atoms. The van der Waals surface area contributed by atoms with Crippen LogP contribution in [-0.2, 0) is 6.42 Å². The van der Waals surface area contributed by atoms with Crippen molar-refractivity contribution in [1.82, 2.24) is 4.98 Å². The number of H-pyrrole nitrogens is 1. The second kappa shape index (κ2) is 14.2. The summed E-state index contributed by atoms with van der Waals surface area (Å²) in [6.07, 6.45) is 12.6. The second-order valence-corrected chi connectivity index (χ2v) is 7.97. The average Bonchev–Trinajstić information content (AvgIpc) is 3.48. The van der Waals surface area contributed by atoms with E-state index in [1.807, 2.05) is 26.1 Å². The van der Waals surface area contributed by atoms with Gasteiger partial charge in [0.2, 0.25) is 0 Å². The highest BCUT2D eigenvalue weighted by Gasteiger charge is 2.20. The maximum absolute atomic E-state index is 13.1. The number of rotatable bonds is 3. The van der Waals surface area contributed by atoms with E-state index < -0.39 is 0 Å². The van der Waals surface area contributed by atoms with E-state index in [4.69, 9.17) is 5.26 Å². The second-order valence-electron chi connectivity index (χ2n) is 7.46. The molecule has 2 saturated carbocycles. The first-order chi connectivity index (χ1) is 13.9. The fourth-order valence-corrected chi connectivity index (χ4v) is 2.71. The number of aromatic amines is 1. The van der Waals surface area contributed by atoms with Crippen molar-refractivity contribution in [1.29, 1.82) is 5.26 Å². The number of aryl methyl sites for hydroxylation is 2. The molecule has 2 fully saturated rings. The first-order valence-corrected chi connectivity index (χ1v) is 11.1. The molecule has 2 aromatic rings. The van der Waals surface area contributed by atoms with Crippen molar-refractivity contribution in [2.75, 3.05) is 0 Å². The van der Waals surface area contributed by atoms with Crippen LogP contribution >= 0.6 is 12.6 Å². The van der Waals surface area contributed by atoms with E-state index >= 15 is 0 Å². The van der Waals surface area contributed by atoms with Crippen LogP contribution in [0.25, 0.3) is 0 Å². The smallest absolute Gasteiger partial charge is 0.126 e. The zero-order valence-electron chi connectivity index (χ0n) is 17.9. The summed E-state index contributed by atoms with van der Waals surface area (Å²) in [4.78, 5) is 4.29. The average molecular weight is 421 g/mol. The highest BCUT2D eigenvalue weighted by Crippen LogP contribution is 2.36. The van der Waals surface area contributed by atoms with Crippen molar-refractivity contribution in [3.63, 3.8) is 0 Å². The molecule has 0 saturated heterocycles.